The number of benzene rings is 2. The van der Waals surface area contributed by atoms with E-state index in [-0.39, 0.29) is 5.56 Å². The number of nitrogens with one attached hydrogen (secondary N) is 2. The molecule has 0 bridgehead atoms. The van der Waals surface area contributed by atoms with Crippen LogP contribution in [-0.2, 0) is 0 Å². The maximum absolute atomic E-state index is 11.3. The van der Waals surface area contributed by atoms with Gasteiger partial charge >= 0.3 is 0 Å². The monoisotopic (exact) mass is 304 g/mol. The van der Waals surface area contributed by atoms with E-state index < -0.39 is 0 Å². The van der Waals surface area contributed by atoms with Gasteiger partial charge in [-0.15, -0.1) is 0 Å². The van der Waals surface area contributed by atoms with Crippen LogP contribution in [0.1, 0.15) is 11.3 Å². The van der Waals surface area contributed by atoms with Crippen LogP contribution in [0.25, 0.3) is 11.1 Å². The minimum atomic E-state index is -0.206. The fourth-order valence-electron chi connectivity index (χ4n) is 2.19. The molecule has 0 fully saturated rings. The van der Waals surface area contributed by atoms with Crippen LogP contribution < -0.4 is 11.0 Å². The highest BCUT2D eigenvalue weighted by atomic mass is 16.1. The molecule has 23 heavy (non-hydrogen) atoms. The lowest BCUT2D eigenvalue weighted by molar-refractivity contribution is 1.04. The van der Waals surface area contributed by atoms with Crippen molar-refractivity contribution in [2.24, 2.45) is 5.10 Å². The Bertz CT molecular complexity index is 868. The molecular formula is C18H16N4O. The lowest BCUT2D eigenvalue weighted by Crippen LogP contribution is -2.10. The highest BCUT2D eigenvalue weighted by molar-refractivity contribution is 5.81. The second-order valence-electron chi connectivity index (χ2n) is 5.09. The summed E-state index contributed by atoms with van der Waals surface area (Å²) in [7, 11) is 0. The average molecular weight is 304 g/mol. The molecule has 1 heterocycles. The van der Waals surface area contributed by atoms with Crippen molar-refractivity contribution < 1.29 is 0 Å². The Balaban J connectivity index is 1.69. The molecule has 0 amide bonds. The van der Waals surface area contributed by atoms with Gasteiger partial charge in [-0.05, 0) is 23.6 Å². The van der Waals surface area contributed by atoms with E-state index in [2.05, 4.69) is 32.6 Å². The van der Waals surface area contributed by atoms with Crippen molar-refractivity contribution in [2.75, 3.05) is 5.43 Å². The molecule has 2 aromatic carbocycles. The quantitative estimate of drug-likeness (QED) is 0.574. The van der Waals surface area contributed by atoms with E-state index in [1.807, 2.05) is 42.5 Å². The third-order valence-corrected chi connectivity index (χ3v) is 3.27. The molecule has 0 spiro atoms. The van der Waals surface area contributed by atoms with E-state index in [1.165, 1.54) is 11.6 Å². The zero-order valence-electron chi connectivity index (χ0n) is 12.7. The third-order valence-electron chi connectivity index (χ3n) is 3.27. The summed E-state index contributed by atoms with van der Waals surface area (Å²) in [6.45, 7) is 1.76. The Morgan fingerprint density at radius 2 is 1.74 bits per heavy atom. The van der Waals surface area contributed by atoms with E-state index in [4.69, 9.17) is 0 Å². The van der Waals surface area contributed by atoms with Crippen molar-refractivity contribution >= 4 is 12.2 Å². The summed E-state index contributed by atoms with van der Waals surface area (Å²) < 4.78 is 0. The van der Waals surface area contributed by atoms with Crippen LogP contribution in [0.2, 0.25) is 0 Å². The Labute approximate surface area is 133 Å². The number of H-pyrrole nitrogens is 1. The molecule has 1 aromatic heterocycles. The van der Waals surface area contributed by atoms with Gasteiger partial charge in [-0.1, -0.05) is 54.6 Å². The van der Waals surface area contributed by atoms with E-state index in [9.17, 15) is 4.79 Å². The average Bonchev–Trinajstić information content (AvgIpc) is 2.55. The summed E-state index contributed by atoms with van der Waals surface area (Å²) in [5, 5.41) is 4.09. The summed E-state index contributed by atoms with van der Waals surface area (Å²) >= 11 is 0. The second kappa shape index (κ2) is 6.70. The number of rotatable bonds is 4. The molecule has 0 aliphatic heterocycles. The molecule has 5 nitrogen and oxygen atoms in total. The van der Waals surface area contributed by atoms with E-state index in [1.54, 1.807) is 13.1 Å². The van der Waals surface area contributed by atoms with Crippen molar-refractivity contribution in [3.05, 3.63) is 82.3 Å². The van der Waals surface area contributed by atoms with Crippen LogP contribution in [0.5, 0.6) is 0 Å². The number of hydrogen-bond donors (Lipinski definition) is 2. The Kier molecular flexibility index (Phi) is 4.29. The molecular weight excluding hydrogens is 288 g/mol. The lowest BCUT2D eigenvalue weighted by atomic mass is 10.0. The predicted octanol–water partition coefficient (Wildman–Crippen LogP) is 3.19. The number of hydrogen-bond acceptors (Lipinski definition) is 4. The molecule has 0 saturated carbocycles. The topological polar surface area (TPSA) is 70.1 Å². The highest BCUT2D eigenvalue weighted by Crippen LogP contribution is 2.18. The summed E-state index contributed by atoms with van der Waals surface area (Å²) in [6.07, 6.45) is 1.68. The van der Waals surface area contributed by atoms with Gasteiger partial charge in [-0.25, -0.2) is 10.4 Å². The normalized spacial score (nSPS) is 10.8. The first-order valence-corrected chi connectivity index (χ1v) is 7.23. The molecule has 0 unspecified atom stereocenters. The second-order valence-corrected chi connectivity index (χ2v) is 5.09. The van der Waals surface area contributed by atoms with E-state index in [0.29, 0.717) is 11.6 Å². The minimum absolute atomic E-state index is 0.206. The van der Waals surface area contributed by atoms with Crippen LogP contribution >= 0.6 is 0 Å². The van der Waals surface area contributed by atoms with Gasteiger partial charge in [-0.3, -0.25) is 9.78 Å². The molecule has 5 heteroatoms. The maximum atomic E-state index is 11.3. The summed E-state index contributed by atoms with van der Waals surface area (Å²) in [5.74, 6) is 0.326. The smallest absolute Gasteiger partial charge is 0.252 e. The van der Waals surface area contributed by atoms with Gasteiger partial charge in [-0.2, -0.15) is 5.10 Å². The Hall–Kier alpha value is -3.21. The summed E-state index contributed by atoms with van der Waals surface area (Å²) in [5.41, 5.74) is 6.44. The largest absolute Gasteiger partial charge is 0.291 e. The number of aromatic amines is 1. The van der Waals surface area contributed by atoms with Gasteiger partial charge in [0.05, 0.1) is 6.21 Å². The number of aromatic nitrogens is 2. The fraction of sp³-hybridized carbons (Fsp3) is 0.0556. The van der Waals surface area contributed by atoms with Crippen LogP contribution in [0.3, 0.4) is 0 Å². The van der Waals surface area contributed by atoms with Gasteiger partial charge < -0.3 is 0 Å². The SMILES string of the molecule is Cc1cc(=O)[nH]c(NN=Cc2ccc(-c3ccccc3)cc2)n1. The van der Waals surface area contributed by atoms with Gasteiger partial charge in [0.1, 0.15) is 0 Å². The van der Waals surface area contributed by atoms with Crippen molar-refractivity contribution in [3.8, 4) is 11.1 Å². The zero-order chi connectivity index (χ0) is 16.1. The molecule has 0 aliphatic rings. The van der Waals surface area contributed by atoms with Crippen molar-refractivity contribution in [1.82, 2.24) is 9.97 Å². The molecule has 0 radical (unpaired) electrons. The highest BCUT2D eigenvalue weighted by Gasteiger charge is 1.97. The molecule has 2 N–H and O–H groups in total. The predicted molar refractivity (Wildman–Crippen MR) is 92.7 cm³/mol. The molecule has 0 aliphatic carbocycles. The van der Waals surface area contributed by atoms with E-state index >= 15 is 0 Å². The van der Waals surface area contributed by atoms with Crippen molar-refractivity contribution in [3.63, 3.8) is 0 Å². The van der Waals surface area contributed by atoms with Crippen LogP contribution in [0.4, 0.5) is 5.95 Å². The summed E-state index contributed by atoms with van der Waals surface area (Å²) in [6, 6.07) is 19.7. The summed E-state index contributed by atoms with van der Waals surface area (Å²) in [4.78, 5) is 18.0. The first-order valence-electron chi connectivity index (χ1n) is 7.23. The number of hydrazone groups is 1. The minimum Gasteiger partial charge on any atom is -0.291 e. The van der Waals surface area contributed by atoms with Gasteiger partial charge in [0.2, 0.25) is 5.95 Å². The Morgan fingerprint density at radius 1 is 1.04 bits per heavy atom. The molecule has 3 rings (SSSR count). The first kappa shape index (κ1) is 14.7. The van der Waals surface area contributed by atoms with E-state index in [0.717, 1.165) is 11.1 Å². The van der Waals surface area contributed by atoms with Gasteiger partial charge in [0, 0.05) is 11.8 Å². The number of aryl methyl sites for hydroxylation is 1. The lowest BCUT2D eigenvalue weighted by Gasteiger charge is -2.02. The number of anilines is 1. The van der Waals surface area contributed by atoms with Crippen LogP contribution in [0.15, 0.2) is 70.6 Å². The Morgan fingerprint density at radius 3 is 2.43 bits per heavy atom. The third kappa shape index (κ3) is 3.91. The first-order chi connectivity index (χ1) is 11.2. The van der Waals surface area contributed by atoms with Gasteiger partial charge in [0.25, 0.3) is 5.56 Å². The van der Waals surface area contributed by atoms with Crippen molar-refractivity contribution in [2.45, 2.75) is 6.92 Å². The standard InChI is InChI=1S/C18H16N4O/c1-13-11-17(23)21-18(20-13)22-19-12-14-7-9-16(10-8-14)15-5-3-2-4-6-15/h2-12H,1H3,(H2,20,21,22,23). The zero-order valence-corrected chi connectivity index (χ0v) is 12.7. The van der Waals surface area contributed by atoms with Crippen LogP contribution in [-0.4, -0.2) is 16.2 Å². The maximum Gasteiger partial charge on any atom is 0.252 e. The molecule has 0 saturated heterocycles. The molecule has 3 aromatic rings. The molecule has 114 valence electrons. The van der Waals surface area contributed by atoms with Gasteiger partial charge in [0.15, 0.2) is 0 Å². The fourth-order valence-corrected chi connectivity index (χ4v) is 2.19. The van der Waals surface area contributed by atoms with Crippen LogP contribution in [0, 0.1) is 6.92 Å². The molecule has 0 atom stereocenters. The number of nitrogens with zero attached hydrogens (tertiary/aromatic N) is 2. The van der Waals surface area contributed by atoms with Crippen molar-refractivity contribution in [1.29, 1.82) is 0 Å².